The van der Waals surface area contributed by atoms with Crippen LogP contribution in [0.4, 0.5) is 14.9 Å². The van der Waals surface area contributed by atoms with E-state index in [2.05, 4.69) is 74.6 Å². The standard InChI is InChI=1S/C28H31FN6O/c1-31-12-2-13-35(31)24-7-8-27-25(19-24)26(20-34(27)23-5-3-22(29)4-6-23)21-9-14-32(15-10-21)17-18-33-16-11-30-28(33)36/h2-9,12,19-20H,10-11,13-18H2,1H3,(H,30,36). The Morgan fingerprint density at radius 2 is 1.83 bits per heavy atom. The number of rotatable bonds is 6. The summed E-state index contributed by atoms with van der Waals surface area (Å²) >= 11 is 0. The van der Waals surface area contributed by atoms with E-state index in [0.29, 0.717) is 0 Å². The van der Waals surface area contributed by atoms with Crippen LogP contribution in [0.3, 0.4) is 0 Å². The lowest BCUT2D eigenvalue weighted by molar-refractivity contribution is 0.205. The minimum atomic E-state index is -0.233. The van der Waals surface area contributed by atoms with Crippen LogP contribution in [0.25, 0.3) is 22.2 Å². The van der Waals surface area contributed by atoms with Crippen LogP contribution in [0.15, 0.2) is 67.0 Å². The molecule has 4 heterocycles. The first-order chi connectivity index (χ1) is 17.6. The van der Waals surface area contributed by atoms with Crippen LogP contribution < -0.4 is 10.3 Å². The van der Waals surface area contributed by atoms with E-state index in [1.54, 1.807) is 0 Å². The van der Waals surface area contributed by atoms with Gasteiger partial charge in [-0.1, -0.05) is 6.08 Å². The smallest absolute Gasteiger partial charge is 0.317 e. The van der Waals surface area contributed by atoms with Crippen molar-refractivity contribution in [1.29, 1.82) is 0 Å². The van der Waals surface area contributed by atoms with Gasteiger partial charge in [0, 0.05) is 75.4 Å². The van der Waals surface area contributed by atoms with Crippen LogP contribution >= 0.6 is 0 Å². The van der Waals surface area contributed by atoms with Crippen molar-refractivity contribution in [3.05, 3.63) is 78.4 Å². The predicted octanol–water partition coefficient (Wildman–Crippen LogP) is 4.06. The maximum absolute atomic E-state index is 13.6. The number of carbonyl (C=O) groups is 1. The van der Waals surface area contributed by atoms with Crippen LogP contribution in [0.1, 0.15) is 12.0 Å². The number of anilines is 1. The van der Waals surface area contributed by atoms with Gasteiger partial charge in [0.2, 0.25) is 0 Å². The molecule has 0 saturated carbocycles. The normalized spacial score (nSPS) is 18.4. The average molecular weight is 487 g/mol. The fourth-order valence-electron chi connectivity index (χ4n) is 5.39. The van der Waals surface area contributed by atoms with E-state index in [9.17, 15) is 9.18 Å². The van der Waals surface area contributed by atoms with Gasteiger partial charge in [0.25, 0.3) is 0 Å². The Hall–Kier alpha value is -3.78. The Morgan fingerprint density at radius 1 is 1.00 bits per heavy atom. The molecule has 2 amide bonds. The van der Waals surface area contributed by atoms with Crippen molar-refractivity contribution in [2.75, 3.05) is 57.9 Å². The highest BCUT2D eigenvalue weighted by atomic mass is 19.1. The molecule has 0 bridgehead atoms. The molecular weight excluding hydrogens is 455 g/mol. The summed E-state index contributed by atoms with van der Waals surface area (Å²) in [5, 5.41) is 8.42. The number of hydrazine groups is 1. The van der Waals surface area contributed by atoms with E-state index in [1.807, 2.05) is 17.0 Å². The second kappa shape index (κ2) is 9.35. The summed E-state index contributed by atoms with van der Waals surface area (Å²) in [4.78, 5) is 16.1. The topological polar surface area (TPSA) is 47.0 Å². The van der Waals surface area contributed by atoms with Gasteiger partial charge in [-0.2, -0.15) is 0 Å². The van der Waals surface area contributed by atoms with E-state index >= 15 is 0 Å². The van der Waals surface area contributed by atoms with Crippen LogP contribution in [0.2, 0.25) is 0 Å². The van der Waals surface area contributed by atoms with Crippen LogP contribution in [-0.2, 0) is 0 Å². The van der Waals surface area contributed by atoms with Gasteiger partial charge in [-0.3, -0.25) is 14.9 Å². The molecule has 3 aliphatic heterocycles. The Labute approximate surface area is 210 Å². The van der Waals surface area contributed by atoms with Crippen LogP contribution in [0, 0.1) is 5.82 Å². The molecule has 186 valence electrons. The third kappa shape index (κ3) is 4.22. The highest BCUT2D eigenvalue weighted by molar-refractivity contribution is 5.96. The molecule has 7 nitrogen and oxygen atoms in total. The number of amides is 2. The third-order valence-electron chi connectivity index (χ3n) is 7.44. The van der Waals surface area contributed by atoms with Gasteiger partial charge in [-0.05, 0) is 60.5 Å². The zero-order valence-corrected chi connectivity index (χ0v) is 20.5. The van der Waals surface area contributed by atoms with Gasteiger partial charge >= 0.3 is 6.03 Å². The zero-order valence-electron chi connectivity index (χ0n) is 20.5. The van der Waals surface area contributed by atoms with Crippen molar-refractivity contribution in [1.82, 2.24) is 24.7 Å². The summed E-state index contributed by atoms with van der Waals surface area (Å²) in [5.74, 6) is -0.233. The molecule has 36 heavy (non-hydrogen) atoms. The zero-order chi connectivity index (χ0) is 24.6. The maximum atomic E-state index is 13.6. The molecular formula is C28H31FN6O. The summed E-state index contributed by atoms with van der Waals surface area (Å²) < 4.78 is 15.8. The summed E-state index contributed by atoms with van der Waals surface area (Å²) in [7, 11) is 2.06. The number of hydrogen-bond donors (Lipinski definition) is 1. The molecule has 0 unspecified atom stereocenters. The highest BCUT2D eigenvalue weighted by Gasteiger charge is 2.23. The predicted molar refractivity (Wildman–Crippen MR) is 141 cm³/mol. The summed E-state index contributed by atoms with van der Waals surface area (Å²) in [6.45, 7) is 5.86. The minimum absolute atomic E-state index is 0.0477. The van der Waals surface area contributed by atoms with E-state index in [1.165, 1.54) is 28.7 Å². The SMILES string of the molecule is CN1C=CCN1c1ccc2c(c1)c(C1=CCN(CCN3CCNC3=O)CC1)cn2-c1ccc(F)cc1. The van der Waals surface area contributed by atoms with Gasteiger partial charge in [-0.15, -0.1) is 0 Å². The van der Waals surface area contributed by atoms with E-state index in [0.717, 1.165) is 69.1 Å². The first kappa shape index (κ1) is 22.7. The van der Waals surface area contributed by atoms with E-state index in [4.69, 9.17) is 0 Å². The lowest BCUT2D eigenvalue weighted by Gasteiger charge is -2.28. The van der Waals surface area contributed by atoms with Crippen molar-refractivity contribution in [3.63, 3.8) is 0 Å². The number of nitrogens with one attached hydrogen (secondary N) is 1. The van der Waals surface area contributed by atoms with E-state index in [-0.39, 0.29) is 11.8 Å². The fraction of sp³-hybridized carbons (Fsp3) is 0.321. The second-order valence-electron chi connectivity index (χ2n) is 9.63. The Morgan fingerprint density at radius 3 is 2.53 bits per heavy atom. The Kier molecular flexibility index (Phi) is 5.89. The Balaban J connectivity index is 1.31. The molecule has 1 fully saturated rings. The first-order valence-electron chi connectivity index (χ1n) is 12.6. The number of nitrogens with zero attached hydrogens (tertiary/aromatic N) is 5. The number of carbonyl (C=O) groups excluding carboxylic acids is 1. The molecule has 3 aromatic rings. The number of aromatic nitrogens is 1. The van der Waals surface area contributed by atoms with Crippen LogP contribution in [-0.4, -0.2) is 78.3 Å². The highest BCUT2D eigenvalue weighted by Crippen LogP contribution is 2.35. The molecule has 0 radical (unpaired) electrons. The van der Waals surface area contributed by atoms with Gasteiger partial charge in [0.1, 0.15) is 5.82 Å². The maximum Gasteiger partial charge on any atom is 0.317 e. The minimum Gasteiger partial charge on any atom is -0.336 e. The second-order valence-corrected chi connectivity index (χ2v) is 9.63. The number of halogens is 1. The van der Waals surface area contributed by atoms with Crippen molar-refractivity contribution < 1.29 is 9.18 Å². The molecule has 0 aliphatic carbocycles. The third-order valence-corrected chi connectivity index (χ3v) is 7.44. The number of fused-ring (bicyclic) bond motifs is 1. The largest absolute Gasteiger partial charge is 0.336 e. The summed E-state index contributed by atoms with van der Waals surface area (Å²) in [5.41, 5.74) is 5.77. The van der Waals surface area contributed by atoms with E-state index < -0.39 is 0 Å². The van der Waals surface area contributed by atoms with Gasteiger partial charge in [-0.25, -0.2) is 9.18 Å². The van der Waals surface area contributed by atoms with Crippen molar-refractivity contribution in [2.45, 2.75) is 6.42 Å². The molecule has 1 saturated heterocycles. The van der Waals surface area contributed by atoms with Crippen molar-refractivity contribution in [2.24, 2.45) is 0 Å². The lowest BCUT2D eigenvalue weighted by atomic mass is 9.98. The van der Waals surface area contributed by atoms with Gasteiger partial charge in [0.05, 0.1) is 17.7 Å². The van der Waals surface area contributed by atoms with Gasteiger partial charge in [0.15, 0.2) is 0 Å². The summed E-state index contributed by atoms with van der Waals surface area (Å²) in [6, 6.07) is 13.3. The fourth-order valence-corrected chi connectivity index (χ4v) is 5.39. The van der Waals surface area contributed by atoms with Gasteiger partial charge < -0.3 is 14.8 Å². The first-order valence-corrected chi connectivity index (χ1v) is 12.6. The molecule has 0 spiro atoms. The number of benzene rings is 2. The molecule has 1 N–H and O–H groups in total. The van der Waals surface area contributed by atoms with Crippen molar-refractivity contribution in [3.8, 4) is 5.69 Å². The number of hydrogen-bond acceptors (Lipinski definition) is 4. The molecule has 0 atom stereocenters. The molecule has 2 aromatic carbocycles. The molecule has 1 aromatic heterocycles. The monoisotopic (exact) mass is 486 g/mol. The Bertz CT molecular complexity index is 1340. The summed E-state index contributed by atoms with van der Waals surface area (Å²) in [6.07, 6.45) is 9.71. The lowest BCUT2D eigenvalue weighted by Crippen LogP contribution is -2.38. The van der Waals surface area contributed by atoms with Crippen molar-refractivity contribution >= 4 is 28.2 Å². The molecule has 6 rings (SSSR count). The quantitative estimate of drug-likeness (QED) is 0.571. The molecule has 3 aliphatic rings. The average Bonchev–Trinajstić information content (AvgIpc) is 3.61. The molecule has 8 heteroatoms. The number of urea groups is 1. The van der Waals surface area contributed by atoms with Crippen LogP contribution in [0.5, 0.6) is 0 Å².